The number of nitrogens with zero attached hydrogens (tertiary/aromatic N) is 2. The van der Waals surface area contributed by atoms with Gasteiger partial charge in [-0.25, -0.2) is 13.2 Å². The van der Waals surface area contributed by atoms with Crippen LogP contribution < -0.4 is 10.1 Å². The van der Waals surface area contributed by atoms with E-state index in [1.807, 2.05) is 62.4 Å². The topological polar surface area (TPSA) is 154 Å². The lowest BCUT2D eigenvalue weighted by molar-refractivity contribution is -0.386. The van der Waals surface area contributed by atoms with Crippen LogP contribution in [0.2, 0.25) is 0 Å². The number of amides is 1. The number of hydrogen-bond donors (Lipinski definition) is 1. The maximum absolute atomic E-state index is 14.2. The SMILES string of the molecule is CC(=O)O[C@H](CN(CC(C)C)S(=O)(=O)c1ccc(OCc2ccccc2)c([N+](=O)[O-])c1)[C@H](Cc1ccccc1)NC(=O)OC(C)(C)C. The molecule has 0 unspecified atom stereocenters. The maximum atomic E-state index is 14.2. The van der Waals surface area contributed by atoms with Crippen molar-refractivity contribution in [3.63, 3.8) is 0 Å². The molecule has 0 saturated carbocycles. The van der Waals surface area contributed by atoms with Gasteiger partial charge in [0.1, 0.15) is 18.3 Å². The number of nitro groups is 1. The molecule has 0 aliphatic heterocycles. The van der Waals surface area contributed by atoms with Crippen LogP contribution in [0.4, 0.5) is 10.5 Å². The van der Waals surface area contributed by atoms with Crippen molar-refractivity contribution in [3.8, 4) is 5.75 Å². The molecule has 13 heteroatoms. The predicted molar refractivity (Wildman–Crippen MR) is 176 cm³/mol. The minimum atomic E-state index is -4.39. The van der Waals surface area contributed by atoms with Crippen molar-refractivity contribution in [1.29, 1.82) is 0 Å². The molecule has 12 nitrogen and oxygen atoms in total. The second-order valence-electron chi connectivity index (χ2n) is 12.5. The molecule has 1 amide bonds. The van der Waals surface area contributed by atoms with E-state index in [2.05, 4.69) is 5.32 Å². The van der Waals surface area contributed by atoms with E-state index in [1.165, 1.54) is 19.1 Å². The molecule has 0 spiro atoms. The van der Waals surface area contributed by atoms with Crippen LogP contribution in [0.15, 0.2) is 83.8 Å². The Hall–Kier alpha value is -4.49. The van der Waals surface area contributed by atoms with Crippen LogP contribution in [0, 0.1) is 16.0 Å². The first-order chi connectivity index (χ1) is 22.0. The Bertz CT molecular complexity index is 1610. The van der Waals surface area contributed by atoms with Gasteiger partial charge in [-0.2, -0.15) is 4.31 Å². The molecule has 0 aliphatic carbocycles. The number of benzene rings is 3. The molecule has 47 heavy (non-hydrogen) atoms. The molecule has 0 bridgehead atoms. The van der Waals surface area contributed by atoms with E-state index >= 15 is 0 Å². The monoisotopic (exact) mass is 669 g/mol. The Morgan fingerprint density at radius 3 is 2.06 bits per heavy atom. The molecule has 0 aliphatic rings. The van der Waals surface area contributed by atoms with Crippen LogP contribution in [-0.4, -0.2) is 60.5 Å². The summed E-state index contributed by atoms with van der Waals surface area (Å²) >= 11 is 0. The zero-order valence-electron chi connectivity index (χ0n) is 27.5. The summed E-state index contributed by atoms with van der Waals surface area (Å²) in [7, 11) is -4.39. The zero-order valence-corrected chi connectivity index (χ0v) is 28.4. The van der Waals surface area contributed by atoms with Gasteiger partial charge in [0.15, 0.2) is 5.75 Å². The number of nitro benzene ring substituents is 1. The second kappa shape index (κ2) is 16.4. The molecule has 0 aromatic heterocycles. The average molecular weight is 670 g/mol. The summed E-state index contributed by atoms with van der Waals surface area (Å²) in [4.78, 5) is 36.3. The van der Waals surface area contributed by atoms with E-state index in [-0.39, 0.29) is 42.7 Å². The van der Waals surface area contributed by atoms with Crippen molar-refractivity contribution < 1.29 is 37.1 Å². The fraction of sp³-hybridized carbons (Fsp3) is 0.412. The minimum Gasteiger partial charge on any atom is -0.482 e. The molecule has 3 aromatic carbocycles. The lowest BCUT2D eigenvalue weighted by atomic mass is 10.0. The van der Waals surface area contributed by atoms with Gasteiger partial charge in [-0.3, -0.25) is 14.9 Å². The van der Waals surface area contributed by atoms with Crippen LogP contribution in [0.5, 0.6) is 5.75 Å². The largest absolute Gasteiger partial charge is 0.482 e. The van der Waals surface area contributed by atoms with Gasteiger partial charge in [-0.15, -0.1) is 0 Å². The summed E-state index contributed by atoms with van der Waals surface area (Å²) in [5, 5.41) is 14.8. The fourth-order valence-electron chi connectivity index (χ4n) is 4.75. The Labute approximate surface area is 276 Å². The van der Waals surface area contributed by atoms with Crippen LogP contribution in [-0.2, 0) is 37.3 Å². The maximum Gasteiger partial charge on any atom is 0.408 e. The summed E-state index contributed by atoms with van der Waals surface area (Å²) in [6.45, 7) is 9.62. The van der Waals surface area contributed by atoms with E-state index in [9.17, 15) is 28.1 Å². The number of carbonyl (C=O) groups is 2. The van der Waals surface area contributed by atoms with Crippen LogP contribution in [0.3, 0.4) is 0 Å². The molecule has 1 N–H and O–H groups in total. The molecular weight excluding hydrogens is 626 g/mol. The summed E-state index contributed by atoms with van der Waals surface area (Å²) in [6.07, 6.45) is -1.74. The molecule has 0 saturated heterocycles. The Balaban J connectivity index is 2.00. The van der Waals surface area contributed by atoms with E-state index in [4.69, 9.17) is 14.2 Å². The van der Waals surface area contributed by atoms with Crippen LogP contribution in [0.25, 0.3) is 0 Å². The van der Waals surface area contributed by atoms with Gasteiger partial charge < -0.3 is 19.5 Å². The van der Waals surface area contributed by atoms with Crippen molar-refractivity contribution >= 4 is 27.8 Å². The number of hydrogen-bond acceptors (Lipinski definition) is 9. The highest BCUT2D eigenvalue weighted by Crippen LogP contribution is 2.32. The van der Waals surface area contributed by atoms with E-state index < -0.39 is 50.4 Å². The Morgan fingerprint density at radius 2 is 1.53 bits per heavy atom. The molecule has 254 valence electrons. The number of nitrogens with one attached hydrogen (secondary N) is 1. The molecule has 0 fully saturated rings. The van der Waals surface area contributed by atoms with Gasteiger partial charge in [0, 0.05) is 19.5 Å². The summed E-state index contributed by atoms with van der Waals surface area (Å²) in [5.41, 5.74) is 0.238. The van der Waals surface area contributed by atoms with E-state index in [0.717, 1.165) is 21.5 Å². The quantitative estimate of drug-likeness (QED) is 0.119. The summed E-state index contributed by atoms with van der Waals surface area (Å²) < 4.78 is 46.2. The average Bonchev–Trinajstić information content (AvgIpc) is 2.98. The van der Waals surface area contributed by atoms with Gasteiger partial charge in [0.2, 0.25) is 10.0 Å². The normalized spacial score (nSPS) is 13.1. The number of esters is 1. The summed E-state index contributed by atoms with van der Waals surface area (Å²) in [6, 6.07) is 20.7. The van der Waals surface area contributed by atoms with Crippen molar-refractivity contribution in [1.82, 2.24) is 9.62 Å². The smallest absolute Gasteiger partial charge is 0.408 e. The number of ether oxygens (including phenoxy) is 3. The molecular formula is C34H43N3O9S. The molecule has 3 aromatic rings. The number of rotatable bonds is 15. The minimum absolute atomic E-state index is 0.00928. The van der Waals surface area contributed by atoms with Crippen LogP contribution >= 0.6 is 0 Å². The van der Waals surface area contributed by atoms with Crippen molar-refractivity contribution in [3.05, 3.63) is 100 Å². The van der Waals surface area contributed by atoms with Gasteiger partial charge in [0.05, 0.1) is 22.4 Å². The van der Waals surface area contributed by atoms with Crippen molar-refractivity contribution in [2.45, 2.75) is 77.2 Å². The molecule has 0 radical (unpaired) electrons. The second-order valence-corrected chi connectivity index (χ2v) is 14.4. The third-order valence-electron chi connectivity index (χ3n) is 6.72. The highest BCUT2D eigenvalue weighted by atomic mass is 32.2. The first-order valence-corrected chi connectivity index (χ1v) is 16.6. The zero-order chi connectivity index (χ0) is 34.8. The highest BCUT2D eigenvalue weighted by Gasteiger charge is 2.36. The Kier molecular flexibility index (Phi) is 12.9. The van der Waals surface area contributed by atoms with E-state index in [0.29, 0.717) is 0 Å². The fourth-order valence-corrected chi connectivity index (χ4v) is 6.38. The van der Waals surface area contributed by atoms with Crippen molar-refractivity contribution in [2.24, 2.45) is 5.92 Å². The number of sulfonamides is 1. The summed E-state index contributed by atoms with van der Waals surface area (Å²) in [5.74, 6) is -0.954. The third kappa shape index (κ3) is 11.7. The van der Waals surface area contributed by atoms with Gasteiger partial charge in [-0.05, 0) is 56.4 Å². The number of carbonyl (C=O) groups excluding carboxylic acids is 2. The predicted octanol–water partition coefficient (Wildman–Crippen LogP) is 5.89. The first-order valence-electron chi connectivity index (χ1n) is 15.2. The highest BCUT2D eigenvalue weighted by molar-refractivity contribution is 7.89. The molecule has 2 atom stereocenters. The van der Waals surface area contributed by atoms with Gasteiger partial charge >= 0.3 is 17.7 Å². The van der Waals surface area contributed by atoms with Crippen LogP contribution in [0.1, 0.15) is 52.7 Å². The van der Waals surface area contributed by atoms with Crippen molar-refractivity contribution in [2.75, 3.05) is 13.1 Å². The molecule has 0 heterocycles. The lowest BCUT2D eigenvalue weighted by Gasteiger charge is -2.33. The lowest BCUT2D eigenvalue weighted by Crippen LogP contribution is -2.53. The Morgan fingerprint density at radius 1 is 0.936 bits per heavy atom. The van der Waals surface area contributed by atoms with Gasteiger partial charge in [0.25, 0.3) is 0 Å². The number of alkyl carbamates (subject to hydrolysis) is 1. The van der Waals surface area contributed by atoms with Gasteiger partial charge in [-0.1, -0.05) is 74.5 Å². The molecule has 3 rings (SSSR count). The van der Waals surface area contributed by atoms with E-state index in [1.54, 1.807) is 32.9 Å². The third-order valence-corrected chi connectivity index (χ3v) is 8.55. The first kappa shape index (κ1) is 37.0. The standard InChI is InChI=1S/C34H43N3O9S/c1-24(2)21-36(47(42,43)28-17-18-31(30(20-28)37(40)41)44-23-27-15-11-8-12-16-27)22-32(45-25(3)38)29(19-26-13-9-7-10-14-26)35-33(39)46-34(4,5)6/h7-18,20,24,29,32H,19,21-23H2,1-6H3,(H,35,39)/t29-,32+/m0/s1.